The van der Waals surface area contributed by atoms with E-state index in [-0.39, 0.29) is 30.4 Å². The summed E-state index contributed by atoms with van der Waals surface area (Å²) in [4.78, 5) is 27.5. The number of imidazole rings is 1. The quantitative estimate of drug-likeness (QED) is 0.181. The molecule has 12 heteroatoms. The first-order valence-electron chi connectivity index (χ1n) is 15.9. The summed E-state index contributed by atoms with van der Waals surface area (Å²) in [5.41, 5.74) is 3.36. The standard InChI is InChI=1S/C34H43N7O5/c1-6-35-31(43)27-26-28(46-34(4,5)45-26)32(44-27)41-19-37-25-29(39-33(40-30(25)41)38-24(18-42)20(2)3)36-17-23(21-13-9-7-10-14-21)22-15-11-8-12-16-22/h7-16,19-20,23-24,26-28,32,42H,6,17-18H2,1-5H3,(H,35,43)(H2,36,38,39,40)/t24?,26-,27+,28-,32+/m1/s1. The Labute approximate surface area is 268 Å². The minimum absolute atomic E-state index is 0.0368. The normalized spacial score (nSPS) is 22.7. The van der Waals surface area contributed by atoms with Crippen LogP contribution in [0.2, 0.25) is 0 Å². The Hall–Kier alpha value is -4.10. The van der Waals surface area contributed by atoms with Crippen LogP contribution in [0.3, 0.4) is 0 Å². The number of amides is 1. The van der Waals surface area contributed by atoms with Gasteiger partial charge in [0.15, 0.2) is 35.1 Å². The number of carbonyl (C=O) groups excluding carboxylic acids is 1. The second-order valence-corrected chi connectivity index (χ2v) is 12.6. The van der Waals surface area contributed by atoms with Crippen molar-refractivity contribution in [2.75, 3.05) is 30.3 Å². The number of benzene rings is 2. The lowest BCUT2D eigenvalue weighted by atomic mass is 9.91. The topological polar surface area (TPSA) is 145 Å². The van der Waals surface area contributed by atoms with Crippen molar-refractivity contribution in [2.24, 2.45) is 5.92 Å². The Morgan fingerprint density at radius 2 is 1.65 bits per heavy atom. The van der Waals surface area contributed by atoms with Crippen LogP contribution in [-0.2, 0) is 19.0 Å². The van der Waals surface area contributed by atoms with Crippen molar-refractivity contribution in [3.63, 3.8) is 0 Å². The van der Waals surface area contributed by atoms with Gasteiger partial charge in [-0.25, -0.2) is 4.98 Å². The summed E-state index contributed by atoms with van der Waals surface area (Å²) in [6, 6.07) is 20.4. The van der Waals surface area contributed by atoms with Gasteiger partial charge in [0.25, 0.3) is 5.91 Å². The van der Waals surface area contributed by atoms with Crippen LogP contribution in [0.4, 0.5) is 11.8 Å². The minimum atomic E-state index is -0.900. The van der Waals surface area contributed by atoms with Crippen molar-refractivity contribution >= 4 is 28.8 Å². The van der Waals surface area contributed by atoms with Crippen molar-refractivity contribution in [1.29, 1.82) is 0 Å². The fourth-order valence-corrected chi connectivity index (χ4v) is 6.16. The third-order valence-corrected chi connectivity index (χ3v) is 8.53. The number of hydrogen-bond donors (Lipinski definition) is 4. The number of likely N-dealkylation sites (N-methyl/N-ethyl adjacent to an activating group) is 1. The van der Waals surface area contributed by atoms with Gasteiger partial charge >= 0.3 is 0 Å². The molecule has 4 heterocycles. The van der Waals surface area contributed by atoms with Crippen LogP contribution in [0, 0.1) is 5.92 Å². The molecule has 2 aromatic carbocycles. The van der Waals surface area contributed by atoms with Crippen LogP contribution in [-0.4, -0.2) is 80.4 Å². The first-order chi connectivity index (χ1) is 22.2. The first-order valence-corrected chi connectivity index (χ1v) is 15.9. The fourth-order valence-electron chi connectivity index (χ4n) is 6.16. The summed E-state index contributed by atoms with van der Waals surface area (Å²) in [5, 5.41) is 19.8. The number of aromatic nitrogens is 4. The highest BCUT2D eigenvalue weighted by Crippen LogP contribution is 2.44. The highest BCUT2D eigenvalue weighted by Gasteiger charge is 2.58. The van der Waals surface area contributed by atoms with E-state index in [0.29, 0.717) is 36.0 Å². The number of fused-ring (bicyclic) bond motifs is 2. The van der Waals surface area contributed by atoms with Crippen LogP contribution >= 0.6 is 0 Å². The van der Waals surface area contributed by atoms with Crippen molar-refractivity contribution in [1.82, 2.24) is 24.8 Å². The minimum Gasteiger partial charge on any atom is -0.394 e. The number of rotatable bonds is 12. The summed E-state index contributed by atoms with van der Waals surface area (Å²) in [6.45, 7) is 10.5. The molecule has 2 aliphatic heterocycles. The SMILES string of the molecule is CCNC(=O)[C@H]1O[C@H](n2cnc3c(NCC(c4ccccc4)c4ccccc4)nc(NC(CO)C(C)C)nc32)[C@@H]2OC(C)(C)O[C@@H]21. The molecule has 4 N–H and O–H groups in total. The van der Waals surface area contributed by atoms with Crippen LogP contribution in [0.5, 0.6) is 0 Å². The van der Waals surface area contributed by atoms with E-state index >= 15 is 0 Å². The molecule has 6 rings (SSSR count). The highest BCUT2D eigenvalue weighted by atomic mass is 16.8. The molecule has 244 valence electrons. The van der Waals surface area contributed by atoms with E-state index in [1.54, 1.807) is 10.9 Å². The molecule has 1 amide bonds. The van der Waals surface area contributed by atoms with Gasteiger partial charge in [-0.1, -0.05) is 74.5 Å². The molecule has 4 aromatic rings. The number of nitrogens with zero attached hydrogens (tertiary/aromatic N) is 4. The summed E-state index contributed by atoms with van der Waals surface area (Å²) in [6.07, 6.45) is -1.16. The third-order valence-electron chi connectivity index (χ3n) is 8.53. The number of ether oxygens (including phenoxy) is 3. The predicted molar refractivity (Wildman–Crippen MR) is 174 cm³/mol. The van der Waals surface area contributed by atoms with Crippen molar-refractivity contribution in [3.8, 4) is 0 Å². The van der Waals surface area contributed by atoms with E-state index < -0.39 is 30.3 Å². The van der Waals surface area contributed by atoms with E-state index in [1.165, 1.54) is 11.1 Å². The van der Waals surface area contributed by atoms with Gasteiger partial charge in [-0.15, -0.1) is 0 Å². The predicted octanol–water partition coefficient (Wildman–Crippen LogP) is 4.05. The highest BCUT2D eigenvalue weighted by molar-refractivity contribution is 5.85. The average Bonchev–Trinajstić information content (AvgIpc) is 3.71. The Kier molecular flexibility index (Phi) is 9.23. The van der Waals surface area contributed by atoms with E-state index in [9.17, 15) is 9.90 Å². The summed E-state index contributed by atoms with van der Waals surface area (Å²) >= 11 is 0. The van der Waals surface area contributed by atoms with Crippen LogP contribution in [0.1, 0.15) is 57.9 Å². The van der Waals surface area contributed by atoms with Crippen molar-refractivity contribution in [2.45, 2.75) is 76.9 Å². The molecule has 2 saturated heterocycles. The van der Waals surface area contributed by atoms with Gasteiger partial charge in [0, 0.05) is 19.0 Å². The molecule has 2 aromatic heterocycles. The molecule has 1 unspecified atom stereocenters. The van der Waals surface area contributed by atoms with Gasteiger partial charge in [0.05, 0.1) is 19.0 Å². The monoisotopic (exact) mass is 629 g/mol. The Morgan fingerprint density at radius 3 is 2.26 bits per heavy atom. The maximum atomic E-state index is 13.0. The molecule has 0 saturated carbocycles. The third kappa shape index (κ3) is 6.43. The van der Waals surface area contributed by atoms with Crippen molar-refractivity contribution < 1.29 is 24.1 Å². The number of anilines is 2. The zero-order valence-corrected chi connectivity index (χ0v) is 26.9. The molecule has 0 bridgehead atoms. The first kappa shape index (κ1) is 31.9. The maximum Gasteiger partial charge on any atom is 0.252 e. The molecule has 5 atom stereocenters. The number of aliphatic hydroxyl groups is 1. The molecular formula is C34H43N7O5. The molecule has 2 aliphatic rings. The zero-order chi connectivity index (χ0) is 32.4. The van der Waals surface area contributed by atoms with Gasteiger partial charge < -0.3 is 35.3 Å². The number of carbonyl (C=O) groups is 1. The summed E-state index contributed by atoms with van der Waals surface area (Å²) in [5.74, 6) is -0.145. The smallest absolute Gasteiger partial charge is 0.252 e. The second kappa shape index (κ2) is 13.3. The zero-order valence-electron chi connectivity index (χ0n) is 26.9. The number of hydrogen-bond acceptors (Lipinski definition) is 10. The molecule has 46 heavy (non-hydrogen) atoms. The Morgan fingerprint density at radius 1 is 1.00 bits per heavy atom. The van der Waals surface area contributed by atoms with E-state index in [4.69, 9.17) is 29.2 Å². The average molecular weight is 630 g/mol. The number of nitrogens with one attached hydrogen (secondary N) is 3. The molecule has 0 spiro atoms. The van der Waals surface area contributed by atoms with E-state index in [0.717, 1.165) is 0 Å². The summed E-state index contributed by atoms with van der Waals surface area (Å²) < 4.78 is 20.6. The fraction of sp³-hybridized carbons (Fsp3) is 0.471. The number of aliphatic hydroxyl groups excluding tert-OH is 1. The van der Waals surface area contributed by atoms with Gasteiger partial charge in [0.2, 0.25) is 5.95 Å². The lowest BCUT2D eigenvalue weighted by molar-refractivity contribution is -0.197. The van der Waals surface area contributed by atoms with Crippen LogP contribution < -0.4 is 16.0 Å². The van der Waals surface area contributed by atoms with E-state index in [1.807, 2.05) is 71.0 Å². The molecular weight excluding hydrogens is 586 g/mol. The maximum absolute atomic E-state index is 13.0. The largest absolute Gasteiger partial charge is 0.394 e. The molecule has 0 aliphatic carbocycles. The molecule has 2 fully saturated rings. The lowest BCUT2D eigenvalue weighted by Crippen LogP contribution is -2.42. The van der Waals surface area contributed by atoms with Gasteiger partial charge in [-0.3, -0.25) is 9.36 Å². The molecule has 12 nitrogen and oxygen atoms in total. The molecule has 0 radical (unpaired) electrons. The Balaban J connectivity index is 1.39. The van der Waals surface area contributed by atoms with Gasteiger partial charge in [0.1, 0.15) is 12.2 Å². The lowest BCUT2D eigenvalue weighted by Gasteiger charge is -2.25. The van der Waals surface area contributed by atoms with E-state index in [2.05, 4.69) is 40.2 Å². The van der Waals surface area contributed by atoms with Crippen LogP contribution in [0.25, 0.3) is 11.2 Å². The van der Waals surface area contributed by atoms with Crippen LogP contribution in [0.15, 0.2) is 67.0 Å². The second-order valence-electron chi connectivity index (χ2n) is 12.6. The van der Waals surface area contributed by atoms with Gasteiger partial charge in [-0.2, -0.15) is 9.97 Å². The van der Waals surface area contributed by atoms with Gasteiger partial charge in [-0.05, 0) is 37.8 Å². The Bertz CT molecular complexity index is 1590. The van der Waals surface area contributed by atoms with Crippen molar-refractivity contribution in [3.05, 3.63) is 78.1 Å². The summed E-state index contributed by atoms with van der Waals surface area (Å²) in [7, 11) is 0.